The summed E-state index contributed by atoms with van der Waals surface area (Å²) in [5.41, 5.74) is 2.48. The average Bonchev–Trinajstić information content (AvgIpc) is 2.90. The third-order valence-corrected chi connectivity index (χ3v) is 6.99. The van der Waals surface area contributed by atoms with Gasteiger partial charge in [-0.3, -0.25) is 0 Å². The molecule has 0 spiro atoms. The summed E-state index contributed by atoms with van der Waals surface area (Å²) in [6.45, 7) is 8.34. The summed E-state index contributed by atoms with van der Waals surface area (Å²) in [6.07, 6.45) is 3.53. The lowest BCUT2D eigenvalue weighted by Crippen LogP contribution is -2.41. The molecule has 0 unspecified atom stereocenters. The number of piperidine rings is 1. The smallest absolute Gasteiger partial charge is 0.229 e. The Bertz CT molecular complexity index is 891. The topological polar surface area (TPSA) is 66.0 Å². The maximum absolute atomic E-state index is 5.61. The fourth-order valence-electron chi connectivity index (χ4n) is 5.08. The fourth-order valence-corrected chi connectivity index (χ4v) is 5.08. The Morgan fingerprint density at radius 3 is 1.91 bits per heavy atom. The van der Waals surface area contributed by atoms with Crippen molar-refractivity contribution in [2.24, 2.45) is 5.92 Å². The Labute approximate surface area is 196 Å². The second-order valence-electron chi connectivity index (χ2n) is 9.11. The molecule has 0 amide bonds. The van der Waals surface area contributed by atoms with E-state index in [2.05, 4.69) is 50.3 Å². The molecule has 0 bridgehead atoms. The third kappa shape index (κ3) is 5.17. The van der Waals surface area contributed by atoms with Gasteiger partial charge in [0.1, 0.15) is 5.69 Å². The lowest BCUT2D eigenvalue weighted by molar-refractivity contribution is 0.121. The molecule has 3 fully saturated rings. The minimum Gasteiger partial charge on any atom is -0.382 e. The van der Waals surface area contributed by atoms with E-state index in [1.54, 1.807) is 0 Å². The molecule has 2 aromatic rings. The number of morpholine rings is 2. The molecule has 1 aromatic heterocycles. The normalized spacial score (nSPS) is 20.2. The largest absolute Gasteiger partial charge is 0.382 e. The zero-order valence-corrected chi connectivity index (χ0v) is 19.7. The van der Waals surface area contributed by atoms with E-state index < -0.39 is 0 Å². The van der Waals surface area contributed by atoms with Crippen LogP contribution in [-0.4, -0.2) is 82.7 Å². The first-order chi connectivity index (χ1) is 16.3. The Hall–Kier alpha value is -2.58. The number of anilines is 4. The van der Waals surface area contributed by atoms with Crippen LogP contribution in [0.2, 0.25) is 0 Å². The van der Waals surface area contributed by atoms with Crippen LogP contribution in [0.3, 0.4) is 0 Å². The zero-order chi connectivity index (χ0) is 22.5. The van der Waals surface area contributed by atoms with Gasteiger partial charge in [0.2, 0.25) is 5.95 Å². The molecular formula is C25H36N6O2. The van der Waals surface area contributed by atoms with E-state index in [9.17, 15) is 0 Å². The van der Waals surface area contributed by atoms with Crippen LogP contribution in [0.15, 0.2) is 30.3 Å². The maximum atomic E-state index is 5.61. The van der Waals surface area contributed by atoms with Crippen molar-refractivity contribution in [3.05, 3.63) is 35.9 Å². The van der Waals surface area contributed by atoms with E-state index in [1.165, 1.54) is 18.4 Å². The van der Waals surface area contributed by atoms with Crippen LogP contribution in [-0.2, 0) is 15.9 Å². The monoisotopic (exact) mass is 452 g/mol. The van der Waals surface area contributed by atoms with Crippen molar-refractivity contribution in [1.29, 1.82) is 0 Å². The van der Waals surface area contributed by atoms with Gasteiger partial charge < -0.3 is 29.5 Å². The third-order valence-electron chi connectivity index (χ3n) is 6.99. The molecule has 33 heavy (non-hydrogen) atoms. The van der Waals surface area contributed by atoms with Gasteiger partial charge in [-0.25, -0.2) is 0 Å². The summed E-state index contributed by atoms with van der Waals surface area (Å²) in [7, 11) is 1.99. The number of aromatic nitrogens is 2. The molecule has 0 saturated carbocycles. The second kappa shape index (κ2) is 10.6. The van der Waals surface area contributed by atoms with Gasteiger partial charge >= 0.3 is 0 Å². The summed E-state index contributed by atoms with van der Waals surface area (Å²) in [5.74, 6) is 3.58. The van der Waals surface area contributed by atoms with Gasteiger partial charge in [0, 0.05) is 46.3 Å². The molecule has 1 N–H and O–H groups in total. The lowest BCUT2D eigenvalue weighted by Gasteiger charge is -2.37. The highest BCUT2D eigenvalue weighted by atomic mass is 16.5. The van der Waals surface area contributed by atoms with Crippen LogP contribution in [0.25, 0.3) is 0 Å². The number of hydrogen-bond donors (Lipinski definition) is 1. The van der Waals surface area contributed by atoms with Crippen molar-refractivity contribution >= 4 is 23.3 Å². The first kappa shape index (κ1) is 22.2. The second-order valence-corrected chi connectivity index (χ2v) is 9.11. The van der Waals surface area contributed by atoms with Crippen molar-refractivity contribution < 1.29 is 9.47 Å². The summed E-state index contributed by atoms with van der Waals surface area (Å²) in [4.78, 5) is 17.2. The number of ether oxygens (including phenoxy) is 2. The van der Waals surface area contributed by atoms with Crippen LogP contribution in [0, 0.1) is 5.92 Å². The first-order valence-corrected chi connectivity index (χ1v) is 12.4. The molecule has 8 heteroatoms. The minimum absolute atomic E-state index is 0.723. The van der Waals surface area contributed by atoms with Crippen LogP contribution in [0.1, 0.15) is 18.4 Å². The van der Waals surface area contributed by atoms with Gasteiger partial charge in [0.05, 0.1) is 26.4 Å². The molecule has 4 heterocycles. The fraction of sp³-hybridized carbons (Fsp3) is 0.600. The van der Waals surface area contributed by atoms with Gasteiger partial charge in [-0.2, -0.15) is 9.97 Å². The molecule has 1 aromatic carbocycles. The molecule has 3 aliphatic rings. The van der Waals surface area contributed by atoms with Crippen LogP contribution in [0.4, 0.5) is 23.3 Å². The summed E-state index contributed by atoms with van der Waals surface area (Å²) >= 11 is 0. The van der Waals surface area contributed by atoms with Gasteiger partial charge in [-0.05, 0) is 30.7 Å². The molecule has 0 atom stereocenters. The molecule has 178 valence electrons. The van der Waals surface area contributed by atoms with E-state index in [-0.39, 0.29) is 0 Å². The van der Waals surface area contributed by atoms with Gasteiger partial charge in [-0.15, -0.1) is 0 Å². The van der Waals surface area contributed by atoms with Gasteiger partial charge in [-0.1, -0.05) is 30.3 Å². The van der Waals surface area contributed by atoms with Crippen molar-refractivity contribution in [2.75, 3.05) is 92.8 Å². The highest BCUT2D eigenvalue weighted by Gasteiger charge is 2.28. The Morgan fingerprint density at radius 2 is 1.33 bits per heavy atom. The molecule has 3 aliphatic heterocycles. The van der Waals surface area contributed by atoms with Crippen LogP contribution in [0.5, 0.6) is 0 Å². The van der Waals surface area contributed by atoms with E-state index in [0.717, 1.165) is 101 Å². The summed E-state index contributed by atoms with van der Waals surface area (Å²) in [6, 6.07) is 10.9. The summed E-state index contributed by atoms with van der Waals surface area (Å²) < 4.78 is 11.2. The predicted octanol–water partition coefficient (Wildman–Crippen LogP) is 2.65. The van der Waals surface area contributed by atoms with Crippen molar-refractivity contribution in [3.8, 4) is 0 Å². The maximum Gasteiger partial charge on any atom is 0.229 e. The lowest BCUT2D eigenvalue weighted by atomic mass is 9.90. The standard InChI is InChI=1S/C25H36N6O2/c1-26-22-23(29-9-7-21(8-10-29)19-20-5-3-2-4-6-20)27-25(31-13-17-33-18-14-31)28-24(22)30-11-15-32-16-12-30/h2-6,21,26H,7-19H2,1H3. The van der Waals surface area contributed by atoms with Crippen molar-refractivity contribution in [2.45, 2.75) is 19.3 Å². The molecule has 8 nitrogen and oxygen atoms in total. The molecular weight excluding hydrogens is 416 g/mol. The van der Waals surface area contributed by atoms with Gasteiger partial charge in [0.15, 0.2) is 11.6 Å². The van der Waals surface area contributed by atoms with E-state index in [4.69, 9.17) is 19.4 Å². The Morgan fingerprint density at radius 1 is 0.788 bits per heavy atom. The molecule has 5 rings (SSSR count). The summed E-state index contributed by atoms with van der Waals surface area (Å²) in [5, 5.41) is 3.45. The zero-order valence-electron chi connectivity index (χ0n) is 19.7. The number of nitrogens with one attached hydrogen (secondary N) is 1. The van der Waals surface area contributed by atoms with Crippen LogP contribution >= 0.6 is 0 Å². The Balaban J connectivity index is 1.39. The van der Waals surface area contributed by atoms with Gasteiger partial charge in [0.25, 0.3) is 0 Å². The average molecular weight is 453 g/mol. The number of rotatable bonds is 6. The molecule has 0 aliphatic carbocycles. The van der Waals surface area contributed by atoms with E-state index in [1.807, 2.05) is 7.05 Å². The van der Waals surface area contributed by atoms with Crippen molar-refractivity contribution in [3.63, 3.8) is 0 Å². The number of hydrogen-bond acceptors (Lipinski definition) is 8. The van der Waals surface area contributed by atoms with E-state index >= 15 is 0 Å². The van der Waals surface area contributed by atoms with E-state index in [0.29, 0.717) is 0 Å². The Kier molecular flexibility index (Phi) is 7.12. The minimum atomic E-state index is 0.723. The van der Waals surface area contributed by atoms with Crippen molar-refractivity contribution in [1.82, 2.24) is 9.97 Å². The SMILES string of the molecule is CNc1c(N2CCOCC2)nc(N2CCOCC2)nc1N1CCC(Cc2ccccc2)CC1. The van der Waals surface area contributed by atoms with Crippen LogP contribution < -0.4 is 20.0 Å². The first-order valence-electron chi connectivity index (χ1n) is 12.4. The highest BCUT2D eigenvalue weighted by molar-refractivity contribution is 5.80. The predicted molar refractivity (Wildman–Crippen MR) is 133 cm³/mol. The number of benzene rings is 1. The molecule has 0 radical (unpaired) electrons. The number of nitrogens with zero attached hydrogens (tertiary/aromatic N) is 5. The highest BCUT2D eigenvalue weighted by Crippen LogP contribution is 2.37. The quantitative estimate of drug-likeness (QED) is 0.718. The molecule has 3 saturated heterocycles.